The van der Waals surface area contributed by atoms with Crippen LogP contribution in [0.2, 0.25) is 0 Å². The van der Waals surface area contributed by atoms with Crippen LogP contribution in [0.3, 0.4) is 0 Å². The molecule has 7 heavy (non-hydrogen) atoms. The Morgan fingerprint density at radius 1 is 1.57 bits per heavy atom. The summed E-state index contributed by atoms with van der Waals surface area (Å²) < 4.78 is 10.5. The quantitative estimate of drug-likeness (QED) is 0.362. The Labute approximate surface area is 49.0 Å². The summed E-state index contributed by atoms with van der Waals surface area (Å²) in [7, 11) is 0.893. The molecule has 0 amide bonds. The summed E-state index contributed by atoms with van der Waals surface area (Å²) in [6, 6.07) is 0. The van der Waals surface area contributed by atoms with Crippen molar-refractivity contribution in [1.82, 2.24) is 0 Å². The van der Waals surface area contributed by atoms with E-state index in [1.165, 1.54) is 10.8 Å². The van der Waals surface area contributed by atoms with Crippen LogP contribution < -0.4 is 0 Å². The van der Waals surface area contributed by atoms with Gasteiger partial charge >= 0.3 is 0 Å². The molecule has 0 bridgehead atoms. The maximum atomic E-state index is 10.5. The molecular weight excluding hydrogens is 128 g/mol. The van der Waals surface area contributed by atoms with Gasteiger partial charge in [-0.3, -0.25) is 0 Å². The van der Waals surface area contributed by atoms with E-state index in [0.717, 1.165) is 11.5 Å². The lowest BCUT2D eigenvalue weighted by Gasteiger charge is -1.98. The van der Waals surface area contributed by atoms with Gasteiger partial charge in [-0.1, -0.05) is 22.9 Å². The van der Waals surface area contributed by atoms with Gasteiger partial charge in [0.1, 0.15) is 0 Å². The molecule has 1 nitrogen and oxygen atoms in total. The summed E-state index contributed by atoms with van der Waals surface area (Å²) in [5.74, 6) is 1.66. The monoisotopic (exact) mass is 134 g/mol. The maximum Gasteiger partial charge on any atom is 0.0845 e. The van der Waals surface area contributed by atoms with Crippen LogP contribution in [-0.4, -0.2) is 15.7 Å². The van der Waals surface area contributed by atoms with Crippen molar-refractivity contribution >= 4 is 20.6 Å². The molecule has 0 radical (unpaired) electrons. The van der Waals surface area contributed by atoms with E-state index < -0.39 is 9.83 Å². The molecule has 0 spiro atoms. The molecule has 1 rings (SSSR count). The van der Waals surface area contributed by atoms with Crippen molar-refractivity contribution in [2.75, 3.05) is 11.5 Å². The zero-order valence-electron chi connectivity index (χ0n) is 3.79. The molecule has 0 aromatic heterocycles. The summed E-state index contributed by atoms with van der Waals surface area (Å²) in [4.78, 5) is 0. The van der Waals surface area contributed by atoms with Crippen molar-refractivity contribution < 1.29 is 4.21 Å². The van der Waals surface area contributed by atoms with E-state index in [0.29, 0.717) is 0 Å². The van der Waals surface area contributed by atoms with Crippen LogP contribution in [0.4, 0.5) is 0 Å². The third-order valence-corrected chi connectivity index (χ3v) is 3.36. The molecule has 3 heteroatoms. The SMILES string of the molecule is O=S1CC=CCS1. The highest BCUT2D eigenvalue weighted by Crippen LogP contribution is 2.11. The highest BCUT2D eigenvalue weighted by Gasteiger charge is 1.98. The fourth-order valence-corrected chi connectivity index (χ4v) is 2.35. The van der Waals surface area contributed by atoms with Crippen LogP contribution in [-0.2, 0) is 9.83 Å². The Kier molecular flexibility index (Phi) is 1.94. The van der Waals surface area contributed by atoms with E-state index in [4.69, 9.17) is 0 Å². The second kappa shape index (κ2) is 2.52. The average molecular weight is 134 g/mol. The number of hydrogen-bond acceptors (Lipinski definition) is 2. The highest BCUT2D eigenvalue weighted by molar-refractivity contribution is 8.69. The molecule has 0 saturated heterocycles. The van der Waals surface area contributed by atoms with Gasteiger partial charge in [-0.25, -0.2) is 4.21 Å². The Balaban J connectivity index is 2.47. The Hall–Kier alpha value is 0.240. The molecule has 1 unspecified atom stereocenters. The summed E-state index contributed by atoms with van der Waals surface area (Å²) in [5.41, 5.74) is 0. The zero-order valence-corrected chi connectivity index (χ0v) is 5.43. The van der Waals surface area contributed by atoms with Gasteiger partial charge in [0.05, 0.1) is 15.6 Å². The second-order valence-corrected chi connectivity index (χ2v) is 4.56. The first-order chi connectivity index (χ1) is 3.39. The van der Waals surface area contributed by atoms with Crippen molar-refractivity contribution in [3.8, 4) is 0 Å². The first-order valence-electron chi connectivity index (χ1n) is 2.06. The third-order valence-electron chi connectivity index (χ3n) is 0.695. The molecule has 0 N–H and O–H groups in total. The van der Waals surface area contributed by atoms with Gasteiger partial charge in [-0.05, 0) is 0 Å². The minimum Gasteiger partial charge on any atom is -0.248 e. The molecule has 1 aliphatic heterocycles. The van der Waals surface area contributed by atoms with Gasteiger partial charge in [0.25, 0.3) is 0 Å². The van der Waals surface area contributed by atoms with Crippen molar-refractivity contribution in [3.63, 3.8) is 0 Å². The van der Waals surface area contributed by atoms with E-state index >= 15 is 0 Å². The Morgan fingerprint density at radius 3 is 2.71 bits per heavy atom. The number of hydrogen-bond donors (Lipinski definition) is 0. The lowest BCUT2D eigenvalue weighted by atomic mass is 10.6. The molecular formula is C4H6OS2. The lowest BCUT2D eigenvalue weighted by Crippen LogP contribution is -1.93. The average Bonchev–Trinajstić information content (AvgIpc) is 1.69. The summed E-state index contributed by atoms with van der Waals surface area (Å²) in [6.45, 7) is 0. The fourth-order valence-electron chi connectivity index (χ4n) is 0.378. The van der Waals surface area contributed by atoms with E-state index in [9.17, 15) is 4.21 Å². The van der Waals surface area contributed by atoms with Gasteiger partial charge < -0.3 is 0 Å². The molecule has 0 aliphatic carbocycles. The van der Waals surface area contributed by atoms with E-state index in [1.807, 2.05) is 12.2 Å². The maximum absolute atomic E-state index is 10.5. The standard InChI is InChI=1S/C4H6OS2/c5-7-4-2-1-3-6-7/h1-2H,3-4H2. The summed E-state index contributed by atoms with van der Waals surface area (Å²) in [6.07, 6.45) is 4.01. The van der Waals surface area contributed by atoms with Gasteiger partial charge in [-0.2, -0.15) is 0 Å². The molecule has 0 fully saturated rings. The smallest absolute Gasteiger partial charge is 0.0845 e. The number of rotatable bonds is 0. The topological polar surface area (TPSA) is 17.1 Å². The molecule has 0 saturated carbocycles. The summed E-state index contributed by atoms with van der Waals surface area (Å²) in [5, 5.41) is 0. The summed E-state index contributed by atoms with van der Waals surface area (Å²) >= 11 is 0. The van der Waals surface area contributed by atoms with Crippen molar-refractivity contribution in [3.05, 3.63) is 12.2 Å². The molecule has 1 atom stereocenters. The lowest BCUT2D eigenvalue weighted by molar-refractivity contribution is 0.693. The van der Waals surface area contributed by atoms with Crippen molar-refractivity contribution in [2.45, 2.75) is 0 Å². The van der Waals surface area contributed by atoms with Crippen LogP contribution >= 0.6 is 10.8 Å². The van der Waals surface area contributed by atoms with Crippen LogP contribution in [0.5, 0.6) is 0 Å². The first kappa shape index (κ1) is 5.38. The predicted octanol–water partition coefficient (Wildman–Crippen LogP) is 0.953. The molecule has 0 aromatic rings. The minimum atomic E-state index is -0.610. The third kappa shape index (κ3) is 1.65. The van der Waals surface area contributed by atoms with Crippen molar-refractivity contribution in [1.29, 1.82) is 0 Å². The van der Waals surface area contributed by atoms with Gasteiger partial charge in [0.2, 0.25) is 0 Å². The Morgan fingerprint density at radius 2 is 2.43 bits per heavy atom. The Bertz CT molecular complexity index is 108. The van der Waals surface area contributed by atoms with Gasteiger partial charge in [-0.15, -0.1) is 0 Å². The van der Waals surface area contributed by atoms with Gasteiger partial charge in [0.15, 0.2) is 0 Å². The van der Waals surface area contributed by atoms with Crippen LogP contribution in [0.15, 0.2) is 12.2 Å². The predicted molar refractivity (Wildman–Crippen MR) is 34.6 cm³/mol. The minimum absolute atomic E-state index is 0.610. The van der Waals surface area contributed by atoms with Gasteiger partial charge in [0, 0.05) is 5.75 Å². The van der Waals surface area contributed by atoms with Crippen LogP contribution in [0, 0.1) is 0 Å². The van der Waals surface area contributed by atoms with Crippen molar-refractivity contribution in [2.24, 2.45) is 0 Å². The normalized spacial score (nSPS) is 30.6. The van der Waals surface area contributed by atoms with E-state index in [1.54, 1.807) is 0 Å². The zero-order chi connectivity index (χ0) is 5.11. The largest absolute Gasteiger partial charge is 0.248 e. The molecule has 1 heterocycles. The molecule has 40 valence electrons. The van der Waals surface area contributed by atoms with E-state index in [-0.39, 0.29) is 0 Å². The highest BCUT2D eigenvalue weighted by atomic mass is 33.1. The molecule has 0 aromatic carbocycles. The second-order valence-electron chi connectivity index (χ2n) is 1.23. The van der Waals surface area contributed by atoms with Crippen LogP contribution in [0.25, 0.3) is 0 Å². The molecule has 1 aliphatic rings. The fraction of sp³-hybridized carbons (Fsp3) is 0.500. The van der Waals surface area contributed by atoms with Crippen LogP contribution in [0.1, 0.15) is 0 Å². The van der Waals surface area contributed by atoms with E-state index in [2.05, 4.69) is 0 Å². The first-order valence-corrected chi connectivity index (χ1v) is 4.88.